The van der Waals surface area contributed by atoms with Gasteiger partial charge < -0.3 is 13.9 Å². The quantitative estimate of drug-likeness (QED) is 0.230. The highest BCUT2D eigenvalue weighted by Crippen LogP contribution is 2.32. The van der Waals surface area contributed by atoms with Gasteiger partial charge in [0, 0.05) is 18.1 Å². The zero-order chi connectivity index (χ0) is 22.0. The smallest absolute Gasteiger partial charge is 0.379 e. The molecule has 1 aliphatic rings. The van der Waals surface area contributed by atoms with E-state index in [2.05, 4.69) is 0 Å². The van der Waals surface area contributed by atoms with E-state index in [1.165, 1.54) is 16.7 Å². The summed E-state index contributed by atoms with van der Waals surface area (Å²) in [7, 11) is 1.58. The first kappa shape index (κ1) is 21.3. The molecule has 1 aromatic heterocycles. The zero-order valence-electron chi connectivity index (χ0n) is 16.9. The van der Waals surface area contributed by atoms with E-state index >= 15 is 0 Å². The number of thioether (sulfide) groups is 1. The van der Waals surface area contributed by atoms with Gasteiger partial charge in [0.1, 0.15) is 15.7 Å². The Hall–Kier alpha value is -2.94. The molecule has 0 unspecified atom stereocenters. The molecule has 31 heavy (non-hydrogen) atoms. The van der Waals surface area contributed by atoms with E-state index in [-0.39, 0.29) is 11.7 Å². The number of amides is 1. The van der Waals surface area contributed by atoms with Crippen molar-refractivity contribution in [3.63, 3.8) is 0 Å². The third kappa shape index (κ3) is 4.41. The van der Waals surface area contributed by atoms with Gasteiger partial charge in [-0.15, -0.1) is 0 Å². The predicted molar refractivity (Wildman–Crippen MR) is 124 cm³/mol. The first-order chi connectivity index (χ1) is 15.0. The Labute approximate surface area is 188 Å². The van der Waals surface area contributed by atoms with Crippen LogP contribution >= 0.6 is 24.0 Å². The van der Waals surface area contributed by atoms with E-state index < -0.39 is 5.97 Å². The van der Waals surface area contributed by atoms with Gasteiger partial charge in [0.25, 0.3) is 5.91 Å². The summed E-state index contributed by atoms with van der Waals surface area (Å²) < 4.78 is 16.7. The number of nitrogens with zero attached hydrogens (tertiary/aromatic N) is 1. The molecule has 158 valence electrons. The molecular weight excluding hydrogens is 434 g/mol. The van der Waals surface area contributed by atoms with Crippen LogP contribution in [0.15, 0.2) is 57.9 Å². The van der Waals surface area contributed by atoms with Crippen molar-refractivity contribution in [3.8, 4) is 5.75 Å². The Kier molecular flexibility index (Phi) is 6.22. The molecule has 4 rings (SSSR count). The second kappa shape index (κ2) is 9.05. The summed E-state index contributed by atoms with van der Waals surface area (Å²) in [4.78, 5) is 27.2. The number of para-hydroxylation sites is 1. The number of ether oxygens (including phenoxy) is 2. The molecular formula is C23H19NO5S2. The Morgan fingerprint density at radius 1 is 1.19 bits per heavy atom. The van der Waals surface area contributed by atoms with Crippen molar-refractivity contribution in [1.82, 2.24) is 4.90 Å². The molecule has 8 heteroatoms. The molecule has 1 aliphatic heterocycles. The van der Waals surface area contributed by atoms with E-state index in [1.54, 1.807) is 37.5 Å². The summed E-state index contributed by atoms with van der Waals surface area (Å²) in [6.07, 6.45) is 1.76. The van der Waals surface area contributed by atoms with Gasteiger partial charge in [-0.3, -0.25) is 9.69 Å². The van der Waals surface area contributed by atoms with Gasteiger partial charge in [-0.2, -0.15) is 0 Å². The number of carbonyl (C=O) groups excluding carboxylic acids is 2. The molecule has 0 atom stereocenters. The maximum atomic E-state index is 12.6. The van der Waals surface area contributed by atoms with Crippen molar-refractivity contribution in [2.45, 2.75) is 6.92 Å². The van der Waals surface area contributed by atoms with E-state index in [0.29, 0.717) is 33.7 Å². The van der Waals surface area contributed by atoms with Crippen molar-refractivity contribution in [2.75, 3.05) is 20.3 Å². The highest BCUT2D eigenvalue weighted by molar-refractivity contribution is 8.26. The summed E-state index contributed by atoms with van der Waals surface area (Å²) in [5.74, 6) is -0.122. The lowest BCUT2D eigenvalue weighted by atomic mass is 10.1. The molecule has 0 bridgehead atoms. The van der Waals surface area contributed by atoms with E-state index in [0.717, 1.165) is 16.5 Å². The lowest BCUT2D eigenvalue weighted by Crippen LogP contribution is -2.31. The molecule has 3 aromatic rings. The average Bonchev–Trinajstić information content (AvgIpc) is 3.24. The van der Waals surface area contributed by atoms with Crippen LogP contribution in [0.1, 0.15) is 21.7 Å². The summed E-state index contributed by atoms with van der Waals surface area (Å²) >= 11 is 6.54. The number of carbonyl (C=O) groups is 2. The number of fused-ring (bicyclic) bond motifs is 1. The molecule has 2 aromatic carbocycles. The first-order valence-electron chi connectivity index (χ1n) is 9.52. The van der Waals surface area contributed by atoms with Crippen LogP contribution in [0.5, 0.6) is 5.75 Å². The van der Waals surface area contributed by atoms with Crippen LogP contribution in [0.25, 0.3) is 17.0 Å². The number of hydrogen-bond acceptors (Lipinski definition) is 7. The Morgan fingerprint density at radius 2 is 1.94 bits per heavy atom. The number of hydrogen-bond donors (Lipinski definition) is 0. The summed E-state index contributed by atoms with van der Waals surface area (Å²) in [6, 6.07) is 14.4. The molecule has 1 amide bonds. The first-order valence-corrected chi connectivity index (χ1v) is 10.7. The molecule has 1 fully saturated rings. The summed E-state index contributed by atoms with van der Waals surface area (Å²) in [5.41, 5.74) is 2.18. The number of rotatable bonds is 6. The minimum absolute atomic E-state index is 0.136. The van der Waals surface area contributed by atoms with Gasteiger partial charge in [-0.25, -0.2) is 4.79 Å². The van der Waals surface area contributed by atoms with Gasteiger partial charge in [-0.05, 0) is 36.8 Å². The number of benzene rings is 2. The largest absolute Gasteiger partial charge is 0.449 e. The molecule has 0 N–H and O–H groups in total. The lowest BCUT2D eigenvalue weighted by molar-refractivity contribution is -0.122. The summed E-state index contributed by atoms with van der Waals surface area (Å²) in [6.45, 7) is 2.67. The van der Waals surface area contributed by atoms with Crippen LogP contribution in [0, 0.1) is 6.92 Å². The van der Waals surface area contributed by atoms with Crippen molar-refractivity contribution in [3.05, 3.63) is 70.3 Å². The van der Waals surface area contributed by atoms with Crippen molar-refractivity contribution in [1.29, 1.82) is 0 Å². The van der Waals surface area contributed by atoms with Crippen molar-refractivity contribution >= 4 is 57.2 Å². The van der Waals surface area contributed by atoms with E-state index in [4.69, 9.17) is 26.1 Å². The second-order valence-corrected chi connectivity index (χ2v) is 8.51. The lowest BCUT2D eigenvalue weighted by Gasteiger charge is -2.12. The minimum atomic E-state index is -0.555. The monoisotopic (exact) mass is 453 g/mol. The third-order valence-electron chi connectivity index (χ3n) is 4.81. The molecule has 6 nitrogen and oxygen atoms in total. The van der Waals surface area contributed by atoms with E-state index in [9.17, 15) is 9.59 Å². The SMILES string of the molecule is COCCN1C(=O)/C(=C/c2ccc(OC(=O)c3oc4ccccc4c3C)cc2)SC1=S. The number of furan rings is 1. The third-order valence-corrected chi connectivity index (χ3v) is 6.19. The Balaban J connectivity index is 1.46. The number of thiocarbonyl (C=S) groups is 1. The predicted octanol–water partition coefficient (Wildman–Crippen LogP) is 4.81. The number of esters is 1. The maximum Gasteiger partial charge on any atom is 0.379 e. The normalized spacial score (nSPS) is 15.3. The van der Waals surface area contributed by atoms with Crippen molar-refractivity contribution in [2.24, 2.45) is 0 Å². The molecule has 0 saturated carbocycles. The topological polar surface area (TPSA) is 69.0 Å². The molecule has 1 saturated heterocycles. The van der Waals surface area contributed by atoms with Gasteiger partial charge >= 0.3 is 5.97 Å². The molecule has 2 heterocycles. The molecule has 0 radical (unpaired) electrons. The minimum Gasteiger partial charge on any atom is -0.449 e. The van der Waals surface area contributed by atoms with Gasteiger partial charge in [0.2, 0.25) is 5.76 Å². The fourth-order valence-corrected chi connectivity index (χ4v) is 4.49. The number of methoxy groups -OCH3 is 1. The van der Waals surface area contributed by atoms with Crippen LogP contribution < -0.4 is 4.74 Å². The van der Waals surface area contributed by atoms with Crippen molar-refractivity contribution < 1.29 is 23.5 Å². The van der Waals surface area contributed by atoms with Gasteiger partial charge in [0.15, 0.2) is 0 Å². The fraction of sp³-hybridized carbons (Fsp3) is 0.174. The fourth-order valence-electron chi connectivity index (χ4n) is 3.18. The summed E-state index contributed by atoms with van der Waals surface area (Å²) in [5, 5.41) is 0.882. The second-order valence-electron chi connectivity index (χ2n) is 6.84. The number of aryl methyl sites for hydroxylation is 1. The van der Waals surface area contributed by atoms with Crippen LogP contribution in [0.2, 0.25) is 0 Å². The highest BCUT2D eigenvalue weighted by atomic mass is 32.2. The molecule has 0 aliphatic carbocycles. The van der Waals surface area contributed by atoms with E-state index in [1.807, 2.05) is 31.2 Å². The standard InChI is InChI=1S/C23H19NO5S2/c1-14-17-5-3-4-6-18(17)29-20(14)22(26)28-16-9-7-15(8-10-16)13-19-21(25)24(11-12-27-2)23(30)31-19/h3-10,13H,11-12H2,1-2H3/b19-13-. The van der Waals surface area contributed by atoms with Crippen LogP contribution in [0.4, 0.5) is 0 Å². The van der Waals surface area contributed by atoms with Crippen LogP contribution in [-0.4, -0.2) is 41.4 Å². The highest BCUT2D eigenvalue weighted by Gasteiger charge is 2.31. The maximum absolute atomic E-state index is 12.6. The Bertz CT molecular complexity index is 1200. The van der Waals surface area contributed by atoms with Crippen LogP contribution in [-0.2, 0) is 9.53 Å². The van der Waals surface area contributed by atoms with Gasteiger partial charge in [-0.1, -0.05) is 54.3 Å². The average molecular weight is 454 g/mol. The van der Waals surface area contributed by atoms with Gasteiger partial charge in [0.05, 0.1) is 18.1 Å². The zero-order valence-corrected chi connectivity index (χ0v) is 18.5. The van der Waals surface area contributed by atoms with Crippen LogP contribution in [0.3, 0.4) is 0 Å². The Morgan fingerprint density at radius 3 is 2.65 bits per heavy atom. The molecule has 0 spiro atoms.